The van der Waals surface area contributed by atoms with Crippen molar-refractivity contribution >= 4 is 33.2 Å². The van der Waals surface area contributed by atoms with Crippen LogP contribution in [0.2, 0.25) is 0 Å². The number of carbonyl (C=O) groups excluding carboxylic acids is 1. The molecule has 0 radical (unpaired) electrons. The maximum absolute atomic E-state index is 12.8. The van der Waals surface area contributed by atoms with Gasteiger partial charge in [0.15, 0.2) is 0 Å². The third kappa shape index (κ3) is 5.68. The van der Waals surface area contributed by atoms with Crippen molar-refractivity contribution in [3.05, 3.63) is 56.5 Å². The lowest BCUT2D eigenvalue weighted by atomic mass is 10.1. The summed E-state index contributed by atoms with van der Waals surface area (Å²) in [6, 6.07) is 9.19. The Labute approximate surface area is 166 Å². The summed E-state index contributed by atoms with van der Waals surface area (Å²) in [5.41, 5.74) is 0.569. The van der Waals surface area contributed by atoms with Crippen molar-refractivity contribution in [3.63, 3.8) is 0 Å². The monoisotopic (exact) mass is 436 g/mol. The van der Waals surface area contributed by atoms with Gasteiger partial charge in [-0.3, -0.25) is 14.9 Å². The van der Waals surface area contributed by atoms with Crippen LogP contribution < -0.4 is 14.8 Å². The van der Waals surface area contributed by atoms with Crippen molar-refractivity contribution in [2.45, 2.75) is 20.3 Å². The molecule has 0 heterocycles. The van der Waals surface area contributed by atoms with E-state index in [9.17, 15) is 14.9 Å². The minimum Gasteiger partial charge on any atom is -0.494 e. The average Bonchev–Trinajstić information content (AvgIpc) is 2.62. The van der Waals surface area contributed by atoms with Crippen LogP contribution in [0.25, 0.3) is 0 Å². The van der Waals surface area contributed by atoms with Gasteiger partial charge in [0.1, 0.15) is 11.5 Å². The fraction of sp³-hybridized carbons (Fsp3) is 0.316. The van der Waals surface area contributed by atoms with Crippen molar-refractivity contribution in [1.29, 1.82) is 0 Å². The Bertz CT molecular complexity index is 839. The summed E-state index contributed by atoms with van der Waals surface area (Å²) in [7, 11) is 1.38. The summed E-state index contributed by atoms with van der Waals surface area (Å²) >= 11 is 3.36. The Morgan fingerprint density at radius 3 is 2.59 bits per heavy atom. The Kier molecular flexibility index (Phi) is 7.18. The van der Waals surface area contributed by atoms with Gasteiger partial charge in [0, 0.05) is 10.5 Å². The quantitative estimate of drug-likeness (QED) is 0.462. The number of ether oxygens (including phenoxy) is 2. The number of rotatable bonds is 8. The molecule has 0 saturated carbocycles. The van der Waals surface area contributed by atoms with Crippen LogP contribution in [0.15, 0.2) is 40.9 Å². The van der Waals surface area contributed by atoms with Gasteiger partial charge in [-0.15, -0.1) is 0 Å². The van der Waals surface area contributed by atoms with Crippen LogP contribution in [-0.4, -0.2) is 24.5 Å². The van der Waals surface area contributed by atoms with Crippen LogP contribution in [-0.2, 0) is 0 Å². The fourth-order valence-electron chi connectivity index (χ4n) is 2.30. The van der Waals surface area contributed by atoms with Crippen LogP contribution in [0.5, 0.6) is 11.5 Å². The van der Waals surface area contributed by atoms with Crippen LogP contribution in [0.4, 0.5) is 11.4 Å². The fourth-order valence-corrected chi connectivity index (χ4v) is 2.66. The molecule has 0 unspecified atom stereocenters. The number of nitrogens with zero attached hydrogens (tertiary/aromatic N) is 1. The normalized spacial score (nSPS) is 10.6. The minimum absolute atomic E-state index is 0.120. The van der Waals surface area contributed by atoms with E-state index in [-0.39, 0.29) is 11.4 Å². The number of nitro groups is 1. The highest BCUT2D eigenvalue weighted by atomic mass is 79.9. The zero-order valence-electron chi connectivity index (χ0n) is 15.3. The maximum atomic E-state index is 12.8. The van der Waals surface area contributed by atoms with Gasteiger partial charge in [-0.1, -0.05) is 29.8 Å². The summed E-state index contributed by atoms with van der Waals surface area (Å²) in [4.78, 5) is 23.1. The molecule has 1 N–H and O–H groups in total. The molecule has 0 aliphatic carbocycles. The highest BCUT2D eigenvalue weighted by Crippen LogP contribution is 2.31. The van der Waals surface area contributed by atoms with Gasteiger partial charge in [-0.2, -0.15) is 0 Å². The number of non-ortho nitro benzene ring substituents is 1. The van der Waals surface area contributed by atoms with Gasteiger partial charge in [0.25, 0.3) is 11.6 Å². The molecule has 0 atom stereocenters. The molecule has 0 aromatic heterocycles. The molecule has 144 valence electrons. The van der Waals surface area contributed by atoms with Crippen molar-refractivity contribution in [3.8, 4) is 11.5 Å². The van der Waals surface area contributed by atoms with Crippen molar-refractivity contribution in [2.75, 3.05) is 19.0 Å². The molecule has 8 heteroatoms. The van der Waals surface area contributed by atoms with E-state index < -0.39 is 10.8 Å². The number of hydrogen-bond donors (Lipinski definition) is 1. The highest BCUT2D eigenvalue weighted by molar-refractivity contribution is 9.10. The molecule has 7 nitrogen and oxygen atoms in total. The zero-order valence-corrected chi connectivity index (χ0v) is 16.9. The topological polar surface area (TPSA) is 90.7 Å². The molecular formula is C19H21BrN2O5. The first-order valence-electron chi connectivity index (χ1n) is 8.38. The first-order valence-corrected chi connectivity index (χ1v) is 9.17. The number of anilines is 1. The Balaban J connectivity index is 2.25. The van der Waals surface area contributed by atoms with E-state index in [1.54, 1.807) is 18.2 Å². The second-order valence-corrected chi connectivity index (χ2v) is 7.18. The molecule has 0 bridgehead atoms. The zero-order chi connectivity index (χ0) is 20.0. The van der Waals surface area contributed by atoms with Crippen LogP contribution in [0, 0.1) is 16.0 Å². The Morgan fingerprint density at radius 1 is 1.22 bits per heavy atom. The van der Waals surface area contributed by atoms with E-state index in [1.807, 2.05) is 0 Å². The molecule has 2 aromatic rings. The molecule has 0 aliphatic rings. The standard InChI is InChI=1S/C19H21BrN2O5/c1-12(2)8-9-27-17-7-4-13(20)10-15(17)19(23)21-16-6-5-14(22(24)25)11-18(16)26-3/h4-7,10-12H,8-9H2,1-3H3,(H,21,23). The number of nitrogens with one attached hydrogen (secondary N) is 1. The molecule has 0 spiro atoms. The van der Waals surface area contributed by atoms with Gasteiger partial charge in [0.05, 0.1) is 36.0 Å². The van der Waals surface area contributed by atoms with Crippen LogP contribution in [0.1, 0.15) is 30.6 Å². The lowest BCUT2D eigenvalue weighted by Gasteiger charge is -2.14. The predicted octanol–water partition coefficient (Wildman–Crippen LogP) is 5.04. The molecule has 0 aliphatic heterocycles. The number of nitro benzene ring substituents is 1. The molecule has 2 aromatic carbocycles. The number of halogens is 1. The van der Waals surface area contributed by atoms with Crippen LogP contribution in [0.3, 0.4) is 0 Å². The summed E-state index contributed by atoms with van der Waals surface area (Å²) in [5, 5.41) is 13.6. The van der Waals surface area contributed by atoms with Crippen molar-refractivity contribution < 1.29 is 19.2 Å². The average molecular weight is 437 g/mol. The van der Waals surface area contributed by atoms with E-state index in [0.29, 0.717) is 29.5 Å². The van der Waals surface area contributed by atoms with E-state index in [2.05, 4.69) is 35.1 Å². The lowest BCUT2D eigenvalue weighted by Crippen LogP contribution is -2.15. The molecule has 0 fully saturated rings. The molecular weight excluding hydrogens is 416 g/mol. The number of benzene rings is 2. The van der Waals surface area contributed by atoms with Gasteiger partial charge >= 0.3 is 0 Å². The van der Waals surface area contributed by atoms with Crippen molar-refractivity contribution in [1.82, 2.24) is 0 Å². The summed E-state index contributed by atoms with van der Waals surface area (Å²) in [6.07, 6.45) is 0.868. The second kappa shape index (κ2) is 9.36. The van der Waals surface area contributed by atoms with E-state index >= 15 is 0 Å². The van der Waals surface area contributed by atoms with Gasteiger partial charge < -0.3 is 14.8 Å². The summed E-state index contributed by atoms with van der Waals surface area (Å²) in [5.74, 6) is 0.761. The third-order valence-electron chi connectivity index (χ3n) is 3.78. The van der Waals surface area contributed by atoms with E-state index in [0.717, 1.165) is 10.9 Å². The number of hydrogen-bond acceptors (Lipinski definition) is 5. The van der Waals surface area contributed by atoms with E-state index in [1.165, 1.54) is 25.3 Å². The SMILES string of the molecule is COc1cc([N+](=O)[O-])ccc1NC(=O)c1cc(Br)ccc1OCCC(C)C. The third-order valence-corrected chi connectivity index (χ3v) is 4.28. The van der Waals surface area contributed by atoms with Gasteiger partial charge in [-0.25, -0.2) is 0 Å². The summed E-state index contributed by atoms with van der Waals surface area (Å²) in [6.45, 7) is 4.69. The largest absolute Gasteiger partial charge is 0.494 e. The molecule has 1 amide bonds. The van der Waals surface area contributed by atoms with Crippen LogP contribution >= 0.6 is 15.9 Å². The number of methoxy groups -OCH3 is 1. The van der Waals surface area contributed by atoms with Gasteiger partial charge in [0.2, 0.25) is 0 Å². The predicted molar refractivity (Wildman–Crippen MR) is 107 cm³/mol. The Hall–Kier alpha value is -2.61. The lowest BCUT2D eigenvalue weighted by molar-refractivity contribution is -0.384. The van der Waals surface area contributed by atoms with Gasteiger partial charge in [-0.05, 0) is 36.6 Å². The molecule has 2 rings (SSSR count). The number of carbonyl (C=O) groups is 1. The van der Waals surface area contributed by atoms with E-state index in [4.69, 9.17) is 9.47 Å². The maximum Gasteiger partial charge on any atom is 0.273 e. The first-order chi connectivity index (χ1) is 12.8. The molecule has 0 saturated heterocycles. The van der Waals surface area contributed by atoms with Crippen molar-refractivity contribution in [2.24, 2.45) is 5.92 Å². The highest BCUT2D eigenvalue weighted by Gasteiger charge is 2.17. The number of amides is 1. The first kappa shape index (κ1) is 20.7. The summed E-state index contributed by atoms with van der Waals surface area (Å²) < 4.78 is 11.7. The minimum atomic E-state index is -0.525. The smallest absolute Gasteiger partial charge is 0.273 e. The second-order valence-electron chi connectivity index (χ2n) is 6.27. The Morgan fingerprint density at radius 2 is 1.96 bits per heavy atom. The molecule has 27 heavy (non-hydrogen) atoms.